The number of benzene rings is 1. The minimum absolute atomic E-state index is 0.0444. The Labute approximate surface area is 145 Å². The second-order valence-electron chi connectivity index (χ2n) is 5.81. The number of furan rings is 1. The van der Waals surface area contributed by atoms with E-state index < -0.39 is 0 Å². The maximum atomic E-state index is 12.3. The molecule has 2 amide bonds. The first-order valence-electron chi connectivity index (χ1n) is 7.97. The SMILES string of the molecule is O=C(CCc1ccc(Cl)cc1)N1CCN(C(=O)c2ccoc2)CC1. The average molecular weight is 347 g/mol. The van der Waals surface area contributed by atoms with E-state index in [0.717, 1.165) is 5.56 Å². The maximum absolute atomic E-state index is 12.3. The highest BCUT2D eigenvalue weighted by atomic mass is 35.5. The number of halogens is 1. The molecule has 1 aliphatic heterocycles. The van der Waals surface area contributed by atoms with E-state index in [-0.39, 0.29) is 11.8 Å². The maximum Gasteiger partial charge on any atom is 0.257 e. The van der Waals surface area contributed by atoms with Crippen LogP contribution in [-0.4, -0.2) is 47.8 Å². The predicted octanol–water partition coefficient (Wildman–Crippen LogP) is 2.85. The molecule has 0 saturated carbocycles. The Morgan fingerprint density at radius 3 is 2.29 bits per heavy atom. The van der Waals surface area contributed by atoms with Gasteiger partial charge in [-0.15, -0.1) is 0 Å². The van der Waals surface area contributed by atoms with Crippen LogP contribution in [0.1, 0.15) is 22.3 Å². The van der Waals surface area contributed by atoms with E-state index in [1.54, 1.807) is 11.0 Å². The summed E-state index contributed by atoms with van der Waals surface area (Å²) < 4.78 is 4.95. The topological polar surface area (TPSA) is 53.8 Å². The minimum Gasteiger partial charge on any atom is -0.472 e. The van der Waals surface area contributed by atoms with Crippen molar-refractivity contribution in [3.05, 3.63) is 59.0 Å². The number of rotatable bonds is 4. The van der Waals surface area contributed by atoms with Crippen LogP contribution in [0, 0.1) is 0 Å². The lowest BCUT2D eigenvalue weighted by molar-refractivity contribution is -0.132. The lowest BCUT2D eigenvalue weighted by atomic mass is 10.1. The van der Waals surface area contributed by atoms with E-state index in [4.69, 9.17) is 16.0 Å². The van der Waals surface area contributed by atoms with Gasteiger partial charge in [-0.2, -0.15) is 0 Å². The Hall–Kier alpha value is -2.27. The molecule has 0 atom stereocenters. The summed E-state index contributed by atoms with van der Waals surface area (Å²) in [7, 11) is 0. The molecule has 2 aromatic rings. The molecule has 24 heavy (non-hydrogen) atoms. The Morgan fingerprint density at radius 1 is 1.00 bits per heavy atom. The Balaban J connectivity index is 1.46. The zero-order valence-electron chi connectivity index (χ0n) is 13.3. The van der Waals surface area contributed by atoms with Crippen molar-refractivity contribution in [1.29, 1.82) is 0 Å². The van der Waals surface area contributed by atoms with Gasteiger partial charge in [0.05, 0.1) is 11.8 Å². The molecule has 1 aromatic carbocycles. The van der Waals surface area contributed by atoms with E-state index in [0.29, 0.717) is 49.6 Å². The molecule has 0 radical (unpaired) electrons. The lowest BCUT2D eigenvalue weighted by Crippen LogP contribution is -2.50. The predicted molar refractivity (Wildman–Crippen MR) is 91.0 cm³/mol. The molecule has 1 saturated heterocycles. The molecule has 1 aliphatic rings. The molecule has 6 heteroatoms. The molecule has 1 fully saturated rings. The van der Waals surface area contributed by atoms with Gasteiger partial charge in [0.25, 0.3) is 5.91 Å². The molecule has 0 N–H and O–H groups in total. The highest BCUT2D eigenvalue weighted by Crippen LogP contribution is 2.13. The summed E-state index contributed by atoms with van der Waals surface area (Å²) in [6.45, 7) is 2.25. The van der Waals surface area contributed by atoms with Crippen molar-refractivity contribution in [3.63, 3.8) is 0 Å². The van der Waals surface area contributed by atoms with Crippen LogP contribution in [0.15, 0.2) is 47.3 Å². The lowest BCUT2D eigenvalue weighted by Gasteiger charge is -2.34. The number of carbonyl (C=O) groups excluding carboxylic acids is 2. The van der Waals surface area contributed by atoms with E-state index in [1.807, 2.05) is 29.2 Å². The molecule has 1 aromatic heterocycles. The third-order valence-electron chi connectivity index (χ3n) is 4.23. The van der Waals surface area contributed by atoms with Crippen LogP contribution in [0.5, 0.6) is 0 Å². The third kappa shape index (κ3) is 3.97. The van der Waals surface area contributed by atoms with Crippen LogP contribution in [-0.2, 0) is 11.2 Å². The Kier molecular flexibility index (Phi) is 5.20. The zero-order chi connectivity index (χ0) is 16.9. The number of hydrogen-bond donors (Lipinski definition) is 0. The van der Waals surface area contributed by atoms with Crippen LogP contribution in [0.4, 0.5) is 0 Å². The molecular weight excluding hydrogens is 328 g/mol. The largest absolute Gasteiger partial charge is 0.472 e. The Bertz CT molecular complexity index is 690. The number of nitrogens with zero attached hydrogens (tertiary/aromatic N) is 2. The fraction of sp³-hybridized carbons (Fsp3) is 0.333. The van der Waals surface area contributed by atoms with Gasteiger partial charge in [-0.3, -0.25) is 9.59 Å². The van der Waals surface area contributed by atoms with Crippen LogP contribution < -0.4 is 0 Å². The first kappa shape index (κ1) is 16.6. The van der Waals surface area contributed by atoms with Crippen molar-refractivity contribution in [3.8, 4) is 0 Å². The van der Waals surface area contributed by atoms with Gasteiger partial charge < -0.3 is 14.2 Å². The van der Waals surface area contributed by atoms with E-state index >= 15 is 0 Å². The summed E-state index contributed by atoms with van der Waals surface area (Å²) in [5.41, 5.74) is 1.65. The normalized spacial score (nSPS) is 14.7. The summed E-state index contributed by atoms with van der Waals surface area (Å²) in [6, 6.07) is 9.21. The summed E-state index contributed by atoms with van der Waals surface area (Å²) in [5.74, 6) is 0.0809. The second-order valence-corrected chi connectivity index (χ2v) is 6.25. The molecule has 3 rings (SSSR count). The van der Waals surface area contributed by atoms with Crippen molar-refractivity contribution in [2.45, 2.75) is 12.8 Å². The number of carbonyl (C=O) groups is 2. The van der Waals surface area contributed by atoms with Gasteiger partial charge in [0.2, 0.25) is 5.91 Å². The second kappa shape index (κ2) is 7.53. The molecular formula is C18H19ClN2O3. The third-order valence-corrected chi connectivity index (χ3v) is 4.48. The molecule has 0 unspecified atom stereocenters. The smallest absolute Gasteiger partial charge is 0.257 e. The summed E-state index contributed by atoms with van der Waals surface area (Å²) in [5, 5.41) is 0.698. The molecule has 5 nitrogen and oxygen atoms in total. The highest BCUT2D eigenvalue weighted by Gasteiger charge is 2.25. The van der Waals surface area contributed by atoms with Gasteiger partial charge in [0, 0.05) is 37.6 Å². The highest BCUT2D eigenvalue weighted by molar-refractivity contribution is 6.30. The zero-order valence-corrected chi connectivity index (χ0v) is 14.0. The van der Waals surface area contributed by atoms with Gasteiger partial charge in [-0.05, 0) is 30.2 Å². The van der Waals surface area contributed by atoms with E-state index in [9.17, 15) is 9.59 Å². The monoisotopic (exact) mass is 346 g/mol. The van der Waals surface area contributed by atoms with Crippen LogP contribution in [0.25, 0.3) is 0 Å². The van der Waals surface area contributed by atoms with Crippen LogP contribution in [0.2, 0.25) is 5.02 Å². The number of hydrogen-bond acceptors (Lipinski definition) is 3. The van der Waals surface area contributed by atoms with Crippen LogP contribution in [0.3, 0.4) is 0 Å². The molecule has 0 bridgehead atoms. The molecule has 126 valence electrons. The van der Waals surface area contributed by atoms with E-state index in [1.165, 1.54) is 12.5 Å². The average Bonchev–Trinajstić information content (AvgIpc) is 3.15. The van der Waals surface area contributed by atoms with Crippen molar-refractivity contribution >= 4 is 23.4 Å². The van der Waals surface area contributed by atoms with Gasteiger partial charge in [-0.25, -0.2) is 0 Å². The van der Waals surface area contributed by atoms with Gasteiger partial charge in [-0.1, -0.05) is 23.7 Å². The van der Waals surface area contributed by atoms with Crippen molar-refractivity contribution < 1.29 is 14.0 Å². The summed E-state index contributed by atoms with van der Waals surface area (Å²) >= 11 is 5.86. The van der Waals surface area contributed by atoms with Crippen molar-refractivity contribution in [2.24, 2.45) is 0 Å². The number of aryl methyl sites for hydroxylation is 1. The van der Waals surface area contributed by atoms with Crippen molar-refractivity contribution in [2.75, 3.05) is 26.2 Å². The number of amides is 2. The van der Waals surface area contributed by atoms with Gasteiger partial charge in [0.15, 0.2) is 0 Å². The first-order valence-corrected chi connectivity index (χ1v) is 8.35. The number of piperazine rings is 1. The fourth-order valence-electron chi connectivity index (χ4n) is 2.79. The van der Waals surface area contributed by atoms with Crippen molar-refractivity contribution in [1.82, 2.24) is 9.80 Å². The quantitative estimate of drug-likeness (QED) is 0.855. The minimum atomic E-state index is -0.0444. The van der Waals surface area contributed by atoms with E-state index in [2.05, 4.69) is 0 Å². The van der Waals surface area contributed by atoms with Gasteiger partial charge >= 0.3 is 0 Å². The fourth-order valence-corrected chi connectivity index (χ4v) is 2.91. The van der Waals surface area contributed by atoms with Crippen LogP contribution >= 0.6 is 11.6 Å². The first-order chi connectivity index (χ1) is 11.6. The standard InChI is InChI=1S/C18H19ClN2O3/c19-16-4-1-14(2-5-16)3-6-17(22)20-8-10-21(11-9-20)18(23)15-7-12-24-13-15/h1-2,4-5,7,12-13H,3,6,8-11H2. The summed E-state index contributed by atoms with van der Waals surface area (Å²) in [6.07, 6.45) is 4.11. The Morgan fingerprint density at radius 2 is 1.67 bits per heavy atom. The molecule has 2 heterocycles. The molecule has 0 spiro atoms. The molecule has 0 aliphatic carbocycles. The summed E-state index contributed by atoms with van der Waals surface area (Å²) in [4.78, 5) is 28.1. The van der Waals surface area contributed by atoms with Gasteiger partial charge in [0.1, 0.15) is 6.26 Å².